The van der Waals surface area contributed by atoms with Gasteiger partial charge in [0.25, 0.3) is 0 Å². The molecule has 0 saturated carbocycles. The fourth-order valence-corrected chi connectivity index (χ4v) is 3.09. The first kappa shape index (κ1) is 14.9. The van der Waals surface area contributed by atoms with Crippen LogP contribution in [0.25, 0.3) is 0 Å². The van der Waals surface area contributed by atoms with Gasteiger partial charge >= 0.3 is 0 Å². The summed E-state index contributed by atoms with van der Waals surface area (Å²) in [5, 5.41) is 12.8. The van der Waals surface area contributed by atoms with Gasteiger partial charge in [-0.2, -0.15) is 5.26 Å². The summed E-state index contributed by atoms with van der Waals surface area (Å²) in [6.07, 6.45) is 2.47. The summed E-state index contributed by atoms with van der Waals surface area (Å²) in [6, 6.07) is 9.26. The fourth-order valence-electron chi connectivity index (χ4n) is 3.09. The molecular formula is C17H25N3. The molecule has 2 rings (SSSR count). The number of anilines is 1. The predicted octanol–water partition coefficient (Wildman–Crippen LogP) is 3.29. The molecule has 1 aromatic rings. The summed E-state index contributed by atoms with van der Waals surface area (Å²) in [4.78, 5) is 2.43. The van der Waals surface area contributed by atoms with Crippen molar-refractivity contribution < 1.29 is 0 Å². The number of nitrogens with zero attached hydrogens (tertiary/aromatic N) is 2. The van der Waals surface area contributed by atoms with Gasteiger partial charge in [0.15, 0.2) is 0 Å². The molecule has 1 unspecified atom stereocenters. The van der Waals surface area contributed by atoms with E-state index in [9.17, 15) is 5.26 Å². The Kier molecular flexibility index (Phi) is 5.03. The van der Waals surface area contributed by atoms with E-state index < -0.39 is 0 Å². The third-order valence-corrected chi connectivity index (χ3v) is 4.14. The highest BCUT2D eigenvalue weighted by molar-refractivity contribution is 5.61. The highest BCUT2D eigenvalue weighted by atomic mass is 15.2. The van der Waals surface area contributed by atoms with Crippen LogP contribution < -0.4 is 10.2 Å². The summed E-state index contributed by atoms with van der Waals surface area (Å²) in [5.74, 6) is 0.630. The van der Waals surface area contributed by atoms with Gasteiger partial charge in [0.05, 0.1) is 11.3 Å². The van der Waals surface area contributed by atoms with Gasteiger partial charge in [0, 0.05) is 19.1 Å². The predicted molar refractivity (Wildman–Crippen MR) is 83.7 cm³/mol. The lowest BCUT2D eigenvalue weighted by atomic mass is 10.0. The summed E-state index contributed by atoms with van der Waals surface area (Å²) in [5.41, 5.74) is 3.12. The van der Waals surface area contributed by atoms with E-state index in [1.165, 1.54) is 18.4 Å². The van der Waals surface area contributed by atoms with E-state index in [-0.39, 0.29) is 0 Å². The lowest BCUT2D eigenvalue weighted by molar-refractivity contribution is 0.492. The first-order valence-corrected chi connectivity index (χ1v) is 7.67. The molecule has 0 aliphatic carbocycles. The summed E-state index contributed by atoms with van der Waals surface area (Å²) in [6.45, 7) is 9.49. The molecule has 1 N–H and O–H groups in total. The molecule has 0 spiro atoms. The van der Waals surface area contributed by atoms with E-state index in [1.807, 2.05) is 6.07 Å². The molecule has 1 aliphatic heterocycles. The van der Waals surface area contributed by atoms with E-state index in [1.54, 1.807) is 0 Å². The first-order valence-electron chi connectivity index (χ1n) is 7.67. The molecule has 0 radical (unpaired) electrons. The second-order valence-electron chi connectivity index (χ2n) is 5.89. The van der Waals surface area contributed by atoms with Gasteiger partial charge in [-0.3, -0.25) is 0 Å². The Labute approximate surface area is 122 Å². The van der Waals surface area contributed by atoms with E-state index in [2.05, 4.69) is 49.2 Å². The monoisotopic (exact) mass is 271 g/mol. The van der Waals surface area contributed by atoms with Crippen molar-refractivity contribution in [3.63, 3.8) is 0 Å². The normalized spacial score (nSPS) is 18.6. The maximum Gasteiger partial charge on any atom is 0.101 e. The lowest BCUT2D eigenvalue weighted by Gasteiger charge is -2.30. The van der Waals surface area contributed by atoms with Gasteiger partial charge in [-0.05, 0) is 43.0 Å². The van der Waals surface area contributed by atoms with Crippen LogP contribution in [0.5, 0.6) is 0 Å². The zero-order valence-electron chi connectivity index (χ0n) is 12.8. The molecule has 1 aromatic carbocycles. The average Bonchev–Trinajstić information content (AvgIpc) is 2.94. The molecule has 108 valence electrons. The largest absolute Gasteiger partial charge is 0.367 e. The van der Waals surface area contributed by atoms with Crippen LogP contribution in [-0.2, 0) is 6.54 Å². The van der Waals surface area contributed by atoms with E-state index >= 15 is 0 Å². The van der Waals surface area contributed by atoms with Gasteiger partial charge < -0.3 is 10.2 Å². The standard InChI is InChI=1S/C17H25N3/c1-4-19-12-14-7-8-17(15(10-14)11-18)20-9-5-6-16(20)13(2)3/h7-8,10,13,16,19H,4-6,9,12H2,1-3H3. The second kappa shape index (κ2) is 6.76. The molecule has 0 bridgehead atoms. The van der Waals surface area contributed by atoms with Crippen LogP contribution in [0.1, 0.15) is 44.7 Å². The van der Waals surface area contributed by atoms with Crippen LogP contribution in [0, 0.1) is 17.2 Å². The van der Waals surface area contributed by atoms with E-state index in [0.29, 0.717) is 12.0 Å². The Hall–Kier alpha value is -1.53. The van der Waals surface area contributed by atoms with Crippen molar-refractivity contribution in [1.29, 1.82) is 5.26 Å². The third kappa shape index (κ3) is 3.13. The van der Waals surface area contributed by atoms with Crippen LogP contribution in [0.2, 0.25) is 0 Å². The molecule has 0 amide bonds. The highest BCUT2D eigenvalue weighted by Crippen LogP contribution is 2.32. The molecule has 3 nitrogen and oxygen atoms in total. The molecule has 1 fully saturated rings. The highest BCUT2D eigenvalue weighted by Gasteiger charge is 2.28. The van der Waals surface area contributed by atoms with Crippen molar-refractivity contribution >= 4 is 5.69 Å². The maximum absolute atomic E-state index is 9.46. The molecule has 1 saturated heterocycles. The van der Waals surface area contributed by atoms with Crippen LogP contribution in [-0.4, -0.2) is 19.1 Å². The minimum atomic E-state index is 0.571. The molecule has 3 heteroatoms. The van der Waals surface area contributed by atoms with Gasteiger partial charge in [-0.25, -0.2) is 0 Å². The summed E-state index contributed by atoms with van der Waals surface area (Å²) >= 11 is 0. The smallest absolute Gasteiger partial charge is 0.101 e. The van der Waals surface area contributed by atoms with Crippen molar-refractivity contribution in [3.8, 4) is 6.07 Å². The Morgan fingerprint density at radius 2 is 2.25 bits per heavy atom. The summed E-state index contributed by atoms with van der Waals surface area (Å²) in [7, 11) is 0. The van der Waals surface area contributed by atoms with Crippen molar-refractivity contribution in [2.24, 2.45) is 5.92 Å². The first-order chi connectivity index (χ1) is 9.67. The molecule has 1 heterocycles. The third-order valence-electron chi connectivity index (χ3n) is 4.14. The van der Waals surface area contributed by atoms with E-state index in [4.69, 9.17) is 0 Å². The van der Waals surface area contributed by atoms with Crippen LogP contribution in [0.4, 0.5) is 5.69 Å². The Balaban J connectivity index is 2.25. The minimum absolute atomic E-state index is 0.571. The quantitative estimate of drug-likeness (QED) is 0.893. The van der Waals surface area contributed by atoms with Gasteiger partial charge in [0.1, 0.15) is 6.07 Å². The zero-order valence-corrected chi connectivity index (χ0v) is 12.8. The van der Waals surface area contributed by atoms with Gasteiger partial charge in [0.2, 0.25) is 0 Å². The van der Waals surface area contributed by atoms with Crippen molar-refractivity contribution in [3.05, 3.63) is 29.3 Å². The van der Waals surface area contributed by atoms with Crippen molar-refractivity contribution in [1.82, 2.24) is 5.32 Å². The van der Waals surface area contributed by atoms with Gasteiger partial charge in [-0.1, -0.05) is 26.8 Å². The number of hydrogen-bond acceptors (Lipinski definition) is 3. The SMILES string of the molecule is CCNCc1ccc(N2CCCC2C(C)C)c(C#N)c1. The number of hydrogen-bond donors (Lipinski definition) is 1. The molecular weight excluding hydrogens is 246 g/mol. The second-order valence-corrected chi connectivity index (χ2v) is 5.89. The number of benzene rings is 1. The maximum atomic E-state index is 9.46. The van der Waals surface area contributed by atoms with Crippen molar-refractivity contribution in [2.75, 3.05) is 18.0 Å². The Morgan fingerprint density at radius 1 is 1.45 bits per heavy atom. The number of nitrogens with one attached hydrogen (secondary N) is 1. The molecule has 20 heavy (non-hydrogen) atoms. The van der Waals surface area contributed by atoms with E-state index in [0.717, 1.165) is 30.9 Å². The number of rotatable bonds is 5. The minimum Gasteiger partial charge on any atom is -0.367 e. The molecule has 1 aliphatic rings. The van der Waals surface area contributed by atoms with Crippen molar-refractivity contribution in [2.45, 2.75) is 46.2 Å². The Bertz CT molecular complexity index is 487. The van der Waals surface area contributed by atoms with Crippen LogP contribution in [0.3, 0.4) is 0 Å². The molecule has 1 atom stereocenters. The zero-order chi connectivity index (χ0) is 14.5. The Morgan fingerprint density at radius 3 is 2.90 bits per heavy atom. The van der Waals surface area contributed by atoms with Crippen LogP contribution in [0.15, 0.2) is 18.2 Å². The fraction of sp³-hybridized carbons (Fsp3) is 0.588. The van der Waals surface area contributed by atoms with Gasteiger partial charge in [-0.15, -0.1) is 0 Å². The van der Waals surface area contributed by atoms with Crippen LogP contribution >= 0.6 is 0 Å². The number of nitriles is 1. The summed E-state index contributed by atoms with van der Waals surface area (Å²) < 4.78 is 0. The lowest BCUT2D eigenvalue weighted by Crippen LogP contribution is -2.33. The topological polar surface area (TPSA) is 39.1 Å². The molecule has 0 aromatic heterocycles. The average molecular weight is 271 g/mol.